The molecule has 6 heteroatoms. The molecule has 0 amide bonds. The third-order valence-electron chi connectivity index (χ3n) is 3.15. The number of alkyl halides is 3. The lowest BCUT2D eigenvalue weighted by Gasteiger charge is -2.21. The number of carbonyl (C=O) groups is 1. The summed E-state index contributed by atoms with van der Waals surface area (Å²) in [4.78, 5) is 12.0. The third kappa shape index (κ3) is 3.12. The zero-order valence-corrected chi connectivity index (χ0v) is 9.97. The van der Waals surface area contributed by atoms with Gasteiger partial charge in [-0.2, -0.15) is 13.2 Å². The summed E-state index contributed by atoms with van der Waals surface area (Å²) >= 11 is 0. The maximum atomic E-state index is 13.5. The number of carbonyl (C=O) groups excluding carboxylic acids is 1. The van der Waals surface area contributed by atoms with Gasteiger partial charge in [0.1, 0.15) is 5.82 Å². The van der Waals surface area contributed by atoms with Crippen molar-refractivity contribution >= 4 is 5.78 Å². The van der Waals surface area contributed by atoms with Crippen molar-refractivity contribution in [3.8, 4) is 0 Å². The maximum Gasteiger partial charge on any atom is 0.416 e. The second-order valence-electron chi connectivity index (χ2n) is 4.44. The van der Waals surface area contributed by atoms with Crippen LogP contribution in [0.1, 0.15) is 28.8 Å². The lowest BCUT2D eigenvalue weighted by Crippen LogP contribution is -2.24. The van der Waals surface area contributed by atoms with Crippen LogP contribution in [0.2, 0.25) is 0 Å². The molecule has 1 aliphatic heterocycles. The largest absolute Gasteiger partial charge is 0.416 e. The van der Waals surface area contributed by atoms with Crippen LogP contribution in [0.25, 0.3) is 0 Å². The van der Waals surface area contributed by atoms with Crippen LogP contribution in [-0.4, -0.2) is 19.0 Å². The summed E-state index contributed by atoms with van der Waals surface area (Å²) in [6.45, 7) is 0.744. The lowest BCUT2D eigenvalue weighted by molar-refractivity contribution is -0.137. The number of halogens is 4. The molecule has 1 fully saturated rings. The Morgan fingerprint density at radius 3 is 2.42 bits per heavy atom. The standard InChI is InChI=1S/C13H12F4O2/c14-11-2-1-9(13(15,16)17)7-10(11)12(18)8-3-5-19-6-4-8/h1-2,7-8H,3-6H2. The summed E-state index contributed by atoms with van der Waals surface area (Å²) in [6.07, 6.45) is -3.76. The number of hydrogen-bond acceptors (Lipinski definition) is 2. The highest BCUT2D eigenvalue weighted by Crippen LogP contribution is 2.31. The van der Waals surface area contributed by atoms with Gasteiger partial charge in [-0.3, -0.25) is 4.79 Å². The van der Waals surface area contributed by atoms with Crippen LogP contribution in [0.3, 0.4) is 0 Å². The van der Waals surface area contributed by atoms with Crippen molar-refractivity contribution in [1.29, 1.82) is 0 Å². The molecule has 1 aromatic carbocycles. The van der Waals surface area contributed by atoms with E-state index in [2.05, 4.69) is 0 Å². The highest BCUT2D eigenvalue weighted by Gasteiger charge is 2.33. The van der Waals surface area contributed by atoms with Crippen LogP contribution in [0, 0.1) is 11.7 Å². The topological polar surface area (TPSA) is 26.3 Å². The maximum absolute atomic E-state index is 13.5. The van der Waals surface area contributed by atoms with Gasteiger partial charge in [0.2, 0.25) is 0 Å². The molecule has 0 aromatic heterocycles. The molecule has 0 radical (unpaired) electrons. The van der Waals surface area contributed by atoms with Crippen LogP contribution in [0.5, 0.6) is 0 Å². The Bertz CT molecular complexity index is 476. The van der Waals surface area contributed by atoms with Crippen molar-refractivity contribution in [2.45, 2.75) is 19.0 Å². The first-order chi connectivity index (χ1) is 8.89. The van der Waals surface area contributed by atoms with Gasteiger partial charge < -0.3 is 4.74 Å². The number of Topliss-reactive ketones (excluding diaryl/α,β-unsaturated/α-hetero) is 1. The van der Waals surface area contributed by atoms with E-state index in [-0.39, 0.29) is 0 Å². The van der Waals surface area contributed by atoms with Crippen LogP contribution in [0.4, 0.5) is 17.6 Å². The van der Waals surface area contributed by atoms with Crippen molar-refractivity contribution in [3.05, 3.63) is 35.1 Å². The van der Waals surface area contributed by atoms with Gasteiger partial charge >= 0.3 is 6.18 Å². The molecule has 0 atom stereocenters. The minimum absolute atomic E-state index is 0.372. The second-order valence-corrected chi connectivity index (χ2v) is 4.44. The molecule has 104 valence electrons. The molecule has 0 aliphatic carbocycles. The van der Waals surface area contributed by atoms with E-state index in [1.54, 1.807) is 0 Å². The average Bonchev–Trinajstić information content (AvgIpc) is 2.38. The number of benzene rings is 1. The van der Waals surface area contributed by atoms with E-state index in [0.29, 0.717) is 44.3 Å². The van der Waals surface area contributed by atoms with Gasteiger partial charge in [-0.05, 0) is 31.0 Å². The first-order valence-corrected chi connectivity index (χ1v) is 5.88. The molecule has 1 aliphatic rings. The summed E-state index contributed by atoms with van der Waals surface area (Å²) < 4.78 is 56.3. The van der Waals surface area contributed by atoms with E-state index in [0.717, 1.165) is 0 Å². The molecular weight excluding hydrogens is 264 g/mol. The SMILES string of the molecule is O=C(c1cc(C(F)(F)F)ccc1F)C1CCOCC1. The highest BCUT2D eigenvalue weighted by molar-refractivity contribution is 5.98. The minimum Gasteiger partial charge on any atom is -0.381 e. The van der Waals surface area contributed by atoms with Gasteiger partial charge in [0, 0.05) is 19.1 Å². The molecule has 1 aromatic rings. The van der Waals surface area contributed by atoms with E-state index in [1.807, 2.05) is 0 Å². The van der Waals surface area contributed by atoms with Crippen molar-refractivity contribution in [2.75, 3.05) is 13.2 Å². The fourth-order valence-corrected chi connectivity index (χ4v) is 2.07. The fraction of sp³-hybridized carbons (Fsp3) is 0.462. The summed E-state index contributed by atoms with van der Waals surface area (Å²) in [6, 6.07) is 1.92. The Hall–Kier alpha value is -1.43. The van der Waals surface area contributed by atoms with Gasteiger partial charge in [-0.1, -0.05) is 0 Å². The third-order valence-corrected chi connectivity index (χ3v) is 3.15. The Balaban J connectivity index is 2.30. The summed E-state index contributed by atoms with van der Waals surface area (Å²) in [7, 11) is 0. The number of ketones is 1. The van der Waals surface area contributed by atoms with Crippen molar-refractivity contribution in [3.63, 3.8) is 0 Å². The highest BCUT2D eigenvalue weighted by atomic mass is 19.4. The Labute approximate surface area is 107 Å². The molecular formula is C13H12F4O2. The zero-order valence-electron chi connectivity index (χ0n) is 9.97. The molecule has 2 rings (SSSR count). The number of ether oxygens (including phenoxy) is 1. The Morgan fingerprint density at radius 1 is 1.21 bits per heavy atom. The minimum atomic E-state index is -4.58. The molecule has 1 heterocycles. The monoisotopic (exact) mass is 276 g/mol. The van der Waals surface area contributed by atoms with E-state index >= 15 is 0 Å². The Kier molecular flexibility index (Phi) is 3.89. The van der Waals surface area contributed by atoms with Crippen molar-refractivity contribution in [2.24, 2.45) is 5.92 Å². The van der Waals surface area contributed by atoms with Crippen LogP contribution < -0.4 is 0 Å². The van der Waals surface area contributed by atoms with Gasteiger partial charge in [-0.25, -0.2) is 4.39 Å². The molecule has 19 heavy (non-hydrogen) atoms. The van der Waals surface area contributed by atoms with E-state index in [4.69, 9.17) is 4.74 Å². The summed E-state index contributed by atoms with van der Waals surface area (Å²) in [5.41, 5.74) is -1.49. The molecule has 0 bridgehead atoms. The van der Waals surface area contributed by atoms with Crippen LogP contribution >= 0.6 is 0 Å². The van der Waals surface area contributed by atoms with Crippen molar-refractivity contribution in [1.82, 2.24) is 0 Å². The van der Waals surface area contributed by atoms with E-state index in [1.165, 1.54) is 0 Å². The van der Waals surface area contributed by atoms with Gasteiger partial charge in [0.05, 0.1) is 11.1 Å². The molecule has 0 spiro atoms. The summed E-state index contributed by atoms with van der Waals surface area (Å²) in [5, 5.41) is 0. The Morgan fingerprint density at radius 2 is 1.84 bits per heavy atom. The zero-order chi connectivity index (χ0) is 14.0. The molecule has 0 saturated carbocycles. The lowest BCUT2D eigenvalue weighted by atomic mass is 9.90. The van der Waals surface area contributed by atoms with Crippen LogP contribution in [0.15, 0.2) is 18.2 Å². The molecule has 0 N–H and O–H groups in total. The van der Waals surface area contributed by atoms with Crippen LogP contribution in [-0.2, 0) is 10.9 Å². The predicted molar refractivity (Wildman–Crippen MR) is 59.3 cm³/mol. The molecule has 2 nitrogen and oxygen atoms in total. The smallest absolute Gasteiger partial charge is 0.381 e. The van der Waals surface area contributed by atoms with E-state index < -0.39 is 34.8 Å². The molecule has 1 saturated heterocycles. The predicted octanol–water partition coefficient (Wildman–Crippen LogP) is 3.45. The number of rotatable bonds is 2. The summed E-state index contributed by atoms with van der Waals surface area (Å²) in [5.74, 6) is -1.96. The normalized spacial score (nSPS) is 17.5. The van der Waals surface area contributed by atoms with Crippen molar-refractivity contribution < 1.29 is 27.1 Å². The van der Waals surface area contributed by atoms with Gasteiger partial charge in [0.15, 0.2) is 5.78 Å². The van der Waals surface area contributed by atoms with Gasteiger partial charge in [-0.15, -0.1) is 0 Å². The first kappa shape index (κ1) is 14.0. The van der Waals surface area contributed by atoms with Gasteiger partial charge in [0.25, 0.3) is 0 Å². The quantitative estimate of drug-likeness (QED) is 0.611. The first-order valence-electron chi connectivity index (χ1n) is 5.88. The molecule has 0 unspecified atom stereocenters. The van der Waals surface area contributed by atoms with E-state index in [9.17, 15) is 22.4 Å². The second kappa shape index (κ2) is 5.28. The number of hydrogen-bond donors (Lipinski definition) is 0. The average molecular weight is 276 g/mol. The fourth-order valence-electron chi connectivity index (χ4n) is 2.07.